The van der Waals surface area contributed by atoms with E-state index in [9.17, 15) is 23.2 Å². The third-order valence-corrected chi connectivity index (χ3v) is 8.62. The zero-order chi connectivity index (χ0) is 28.2. The summed E-state index contributed by atoms with van der Waals surface area (Å²) in [5.41, 5.74) is 0.417. The number of alkyl halides is 2. The summed E-state index contributed by atoms with van der Waals surface area (Å²) in [4.78, 5) is 42.7. The summed E-state index contributed by atoms with van der Waals surface area (Å²) >= 11 is 7.14. The van der Waals surface area contributed by atoms with Crippen molar-refractivity contribution in [3.05, 3.63) is 39.5 Å². The van der Waals surface area contributed by atoms with Crippen LogP contribution in [0.5, 0.6) is 5.75 Å². The molecule has 1 atom stereocenters. The molecule has 0 radical (unpaired) electrons. The van der Waals surface area contributed by atoms with Gasteiger partial charge in [0.2, 0.25) is 5.91 Å². The van der Waals surface area contributed by atoms with Crippen molar-refractivity contribution in [3.8, 4) is 5.75 Å². The Morgan fingerprint density at radius 2 is 2.00 bits per heavy atom. The van der Waals surface area contributed by atoms with Crippen LogP contribution in [0.15, 0.2) is 30.3 Å². The average molecular weight is 597 g/mol. The van der Waals surface area contributed by atoms with Crippen LogP contribution >= 0.6 is 22.9 Å². The van der Waals surface area contributed by atoms with Crippen LogP contribution in [0.2, 0.25) is 4.34 Å². The zero-order valence-corrected chi connectivity index (χ0v) is 23.3. The molecule has 1 saturated heterocycles. The molecule has 0 unspecified atom stereocenters. The number of morpholine rings is 1. The summed E-state index contributed by atoms with van der Waals surface area (Å²) < 4.78 is 36.9. The maximum Gasteiger partial charge on any atom is 0.387 e. The lowest BCUT2D eigenvalue weighted by molar-refractivity contribution is -0.126. The van der Waals surface area contributed by atoms with Gasteiger partial charge in [0.1, 0.15) is 12.6 Å². The Kier molecular flexibility index (Phi) is 9.19. The fraction of sp³-hybridized carbons (Fsp3) is 0.519. The molecular formula is C27H31ClF2N4O5S. The number of halogens is 3. The van der Waals surface area contributed by atoms with Crippen molar-refractivity contribution >= 4 is 52.0 Å². The lowest BCUT2D eigenvalue weighted by atomic mass is 9.84. The van der Waals surface area contributed by atoms with E-state index < -0.39 is 12.7 Å². The summed E-state index contributed by atoms with van der Waals surface area (Å²) in [6.07, 6.45) is 5.32. The van der Waals surface area contributed by atoms with E-state index in [1.54, 1.807) is 18.2 Å². The van der Waals surface area contributed by atoms with Gasteiger partial charge in [0.25, 0.3) is 11.8 Å². The topological polar surface area (TPSA) is 100 Å². The Labute approximate surface area is 239 Å². The van der Waals surface area contributed by atoms with Gasteiger partial charge in [-0.1, -0.05) is 18.0 Å². The molecule has 0 bridgehead atoms. The number of ether oxygens (including phenoxy) is 2. The highest BCUT2D eigenvalue weighted by Crippen LogP contribution is 2.36. The molecule has 1 aromatic heterocycles. The zero-order valence-electron chi connectivity index (χ0n) is 21.7. The van der Waals surface area contributed by atoms with Gasteiger partial charge in [0.15, 0.2) is 5.75 Å². The molecule has 3 amide bonds. The summed E-state index contributed by atoms with van der Waals surface area (Å²) in [5, 5.41) is 5.71. The Bertz CT molecular complexity index is 1240. The van der Waals surface area contributed by atoms with Crippen LogP contribution in [-0.2, 0) is 14.3 Å². The molecule has 9 nitrogen and oxygen atoms in total. The second-order valence-electron chi connectivity index (χ2n) is 10.2. The molecule has 3 aliphatic rings. The van der Waals surface area contributed by atoms with Crippen LogP contribution in [-0.4, -0.2) is 74.2 Å². The fourth-order valence-electron chi connectivity index (χ4n) is 4.99. The molecule has 2 saturated carbocycles. The third-order valence-electron chi connectivity index (χ3n) is 7.39. The number of nitrogens with one attached hydrogen (secondary N) is 2. The largest absolute Gasteiger partial charge is 0.433 e. The van der Waals surface area contributed by atoms with Gasteiger partial charge in [-0.05, 0) is 55.9 Å². The molecule has 1 aliphatic heterocycles. The van der Waals surface area contributed by atoms with Crippen molar-refractivity contribution in [1.29, 1.82) is 0 Å². The predicted octanol–water partition coefficient (Wildman–Crippen LogP) is 4.37. The number of hydrogen-bond acceptors (Lipinski definition) is 7. The number of carbonyl (C=O) groups excluding carboxylic acids is 3. The number of benzene rings is 1. The first-order chi connectivity index (χ1) is 19.3. The van der Waals surface area contributed by atoms with Crippen molar-refractivity contribution in [2.45, 2.75) is 50.8 Å². The molecule has 3 fully saturated rings. The number of rotatable bonds is 12. The molecule has 216 valence electrons. The number of anilines is 2. The Morgan fingerprint density at radius 3 is 2.62 bits per heavy atom. The van der Waals surface area contributed by atoms with E-state index in [-0.39, 0.29) is 67.2 Å². The summed E-state index contributed by atoms with van der Waals surface area (Å²) in [6.45, 7) is -2.00. The first-order valence-corrected chi connectivity index (χ1v) is 14.5. The Hall–Kier alpha value is -2.80. The van der Waals surface area contributed by atoms with E-state index in [0.717, 1.165) is 43.6 Å². The summed E-state index contributed by atoms with van der Waals surface area (Å²) in [6, 6.07) is 7.16. The Balaban J connectivity index is 1.35. The lowest BCUT2D eigenvalue weighted by Crippen LogP contribution is -2.53. The van der Waals surface area contributed by atoms with Gasteiger partial charge in [-0.15, -0.1) is 11.3 Å². The van der Waals surface area contributed by atoms with Gasteiger partial charge < -0.3 is 25.0 Å². The highest BCUT2D eigenvalue weighted by Gasteiger charge is 2.39. The molecule has 2 aromatic rings. The second-order valence-corrected chi connectivity index (χ2v) is 11.9. The number of nitrogens with zero attached hydrogens (tertiary/aromatic N) is 2. The standard InChI is InChI=1S/C27H31ClF2N4O5S/c28-23-9-8-22(40-23)26(37)31-13-20(34(18-5-6-18)14-16-2-1-3-16)25(36)32-17-4-7-19(21(12-17)39-27(29)30)33-10-11-38-15-24(33)35/h4,7-9,12,16,18,20,27H,1-3,5-6,10-11,13-15H2,(H,31,37)(H,32,36)/t20-/m0/s1. The van der Waals surface area contributed by atoms with Crippen LogP contribution in [0.3, 0.4) is 0 Å². The van der Waals surface area contributed by atoms with Crippen molar-refractivity contribution < 1.29 is 32.6 Å². The minimum absolute atomic E-state index is 0.0736. The number of amides is 3. The van der Waals surface area contributed by atoms with Gasteiger partial charge in [-0.3, -0.25) is 19.3 Å². The molecule has 2 heterocycles. The highest BCUT2D eigenvalue weighted by atomic mass is 35.5. The minimum Gasteiger partial charge on any atom is -0.433 e. The lowest BCUT2D eigenvalue weighted by Gasteiger charge is -2.37. The van der Waals surface area contributed by atoms with Crippen LogP contribution in [0.4, 0.5) is 20.2 Å². The van der Waals surface area contributed by atoms with Crippen molar-refractivity contribution in [2.24, 2.45) is 5.92 Å². The molecule has 2 N–H and O–H groups in total. The van der Waals surface area contributed by atoms with Gasteiger partial charge in [-0.25, -0.2) is 0 Å². The first kappa shape index (κ1) is 28.7. The number of thiophene rings is 1. The van der Waals surface area contributed by atoms with Crippen molar-refractivity contribution in [1.82, 2.24) is 10.2 Å². The maximum absolute atomic E-state index is 13.7. The van der Waals surface area contributed by atoms with Crippen LogP contribution < -0.4 is 20.3 Å². The Morgan fingerprint density at radius 1 is 1.20 bits per heavy atom. The van der Waals surface area contributed by atoms with Crippen molar-refractivity contribution in [2.75, 3.05) is 43.1 Å². The summed E-state index contributed by atoms with van der Waals surface area (Å²) in [7, 11) is 0. The molecule has 0 spiro atoms. The highest BCUT2D eigenvalue weighted by molar-refractivity contribution is 7.18. The molecular weight excluding hydrogens is 566 g/mol. The van der Waals surface area contributed by atoms with Gasteiger partial charge in [0.05, 0.1) is 21.5 Å². The minimum atomic E-state index is -3.12. The van der Waals surface area contributed by atoms with E-state index >= 15 is 0 Å². The van der Waals surface area contributed by atoms with E-state index in [1.807, 2.05) is 0 Å². The van der Waals surface area contributed by atoms with E-state index in [0.29, 0.717) is 15.1 Å². The number of carbonyl (C=O) groups is 3. The van der Waals surface area contributed by atoms with E-state index in [2.05, 4.69) is 15.5 Å². The maximum atomic E-state index is 13.7. The van der Waals surface area contributed by atoms with Crippen LogP contribution in [0.25, 0.3) is 0 Å². The third kappa shape index (κ3) is 7.09. The first-order valence-electron chi connectivity index (χ1n) is 13.4. The van der Waals surface area contributed by atoms with E-state index in [1.165, 1.54) is 23.5 Å². The smallest absolute Gasteiger partial charge is 0.387 e. The monoisotopic (exact) mass is 596 g/mol. The van der Waals surface area contributed by atoms with E-state index in [4.69, 9.17) is 21.1 Å². The van der Waals surface area contributed by atoms with Gasteiger partial charge in [-0.2, -0.15) is 8.78 Å². The molecule has 2 aliphatic carbocycles. The summed E-state index contributed by atoms with van der Waals surface area (Å²) in [5.74, 6) is -0.786. The average Bonchev–Trinajstić information content (AvgIpc) is 3.64. The molecule has 40 heavy (non-hydrogen) atoms. The normalized spacial score (nSPS) is 18.5. The second kappa shape index (κ2) is 12.8. The van der Waals surface area contributed by atoms with Gasteiger partial charge in [0, 0.05) is 37.4 Å². The van der Waals surface area contributed by atoms with Gasteiger partial charge >= 0.3 is 6.61 Å². The molecule has 1 aromatic carbocycles. The SMILES string of the molecule is O=C(NC[C@@H](C(=O)Nc1ccc(N2CCOCC2=O)c(OC(F)F)c1)N(CC1CCC1)C1CC1)c1ccc(Cl)s1. The molecule has 13 heteroatoms. The van der Waals surface area contributed by atoms with Crippen molar-refractivity contribution in [3.63, 3.8) is 0 Å². The van der Waals surface area contributed by atoms with Crippen LogP contribution in [0, 0.1) is 5.92 Å². The predicted molar refractivity (Wildman–Crippen MR) is 147 cm³/mol. The molecule has 5 rings (SSSR count). The van der Waals surface area contributed by atoms with Crippen LogP contribution in [0.1, 0.15) is 41.8 Å². The fourth-order valence-corrected chi connectivity index (χ4v) is 5.95. The number of hydrogen-bond donors (Lipinski definition) is 2. The quantitative estimate of drug-likeness (QED) is 0.378.